The van der Waals surface area contributed by atoms with E-state index in [-0.39, 0.29) is 23.6 Å². The number of carbonyl (C=O) groups excluding carboxylic acids is 1. The fourth-order valence-electron chi connectivity index (χ4n) is 3.31. The van der Waals surface area contributed by atoms with E-state index in [1.165, 1.54) is 24.3 Å². The number of rotatable bonds is 6. The van der Waals surface area contributed by atoms with Crippen molar-refractivity contribution in [3.63, 3.8) is 0 Å². The van der Waals surface area contributed by atoms with Crippen molar-refractivity contribution in [1.82, 2.24) is 10.2 Å². The number of hydrogen-bond acceptors (Lipinski definition) is 3. The van der Waals surface area contributed by atoms with E-state index in [2.05, 4.69) is 15.1 Å². The van der Waals surface area contributed by atoms with Crippen molar-refractivity contribution < 1.29 is 13.6 Å². The molecule has 2 aromatic rings. The van der Waals surface area contributed by atoms with Crippen LogP contribution in [0, 0.1) is 11.6 Å². The Kier molecular flexibility index (Phi) is 6.40. The molecule has 1 atom stereocenters. The van der Waals surface area contributed by atoms with Crippen molar-refractivity contribution in [2.24, 2.45) is 0 Å². The number of carbonyl (C=O) groups is 1. The molecule has 0 aromatic heterocycles. The van der Waals surface area contributed by atoms with Crippen LogP contribution in [0.2, 0.25) is 0 Å². The maximum Gasteiger partial charge on any atom is 0.237 e. The molecule has 1 amide bonds. The number of benzene rings is 2. The lowest BCUT2D eigenvalue weighted by Crippen LogP contribution is -2.54. The molecule has 1 aliphatic heterocycles. The van der Waals surface area contributed by atoms with E-state index < -0.39 is 0 Å². The van der Waals surface area contributed by atoms with E-state index in [9.17, 15) is 13.6 Å². The van der Waals surface area contributed by atoms with E-state index in [0.717, 1.165) is 37.4 Å². The molecule has 1 fully saturated rings. The highest BCUT2D eigenvalue weighted by molar-refractivity contribution is 5.81. The summed E-state index contributed by atoms with van der Waals surface area (Å²) in [5.74, 6) is -0.480. The number of nitrogens with zero attached hydrogens (tertiary/aromatic N) is 2. The number of halogens is 2. The maximum atomic E-state index is 13.1. The Morgan fingerprint density at radius 3 is 2.11 bits per heavy atom. The van der Waals surface area contributed by atoms with Crippen LogP contribution in [0.3, 0.4) is 0 Å². The number of hydrogen-bond donors (Lipinski definition) is 1. The zero-order valence-electron chi connectivity index (χ0n) is 15.5. The zero-order valence-corrected chi connectivity index (χ0v) is 15.5. The molecule has 144 valence electrons. The molecule has 2 aromatic carbocycles. The van der Waals surface area contributed by atoms with Crippen LogP contribution in [0.5, 0.6) is 0 Å². The summed E-state index contributed by atoms with van der Waals surface area (Å²) in [4.78, 5) is 16.8. The smallest absolute Gasteiger partial charge is 0.237 e. The van der Waals surface area contributed by atoms with Gasteiger partial charge >= 0.3 is 0 Å². The average Bonchev–Trinajstić information content (AvgIpc) is 2.69. The van der Waals surface area contributed by atoms with Gasteiger partial charge in [0.15, 0.2) is 0 Å². The highest BCUT2D eigenvalue weighted by atomic mass is 19.1. The first-order valence-corrected chi connectivity index (χ1v) is 9.29. The van der Waals surface area contributed by atoms with E-state index in [4.69, 9.17) is 0 Å². The third-order valence-electron chi connectivity index (χ3n) is 5.06. The van der Waals surface area contributed by atoms with Gasteiger partial charge in [0, 0.05) is 38.4 Å². The molecular weight excluding hydrogens is 348 g/mol. The summed E-state index contributed by atoms with van der Waals surface area (Å²) < 4.78 is 26.0. The van der Waals surface area contributed by atoms with Gasteiger partial charge in [0.2, 0.25) is 5.91 Å². The second-order valence-electron chi connectivity index (χ2n) is 6.84. The van der Waals surface area contributed by atoms with Crippen LogP contribution in [-0.4, -0.2) is 49.6 Å². The minimum absolute atomic E-state index is 0.00680. The van der Waals surface area contributed by atoms with Gasteiger partial charge in [-0.25, -0.2) is 8.78 Å². The predicted octanol–water partition coefficient (Wildman–Crippen LogP) is 2.83. The van der Waals surface area contributed by atoms with Gasteiger partial charge in [0.25, 0.3) is 0 Å². The highest BCUT2D eigenvalue weighted by Gasteiger charge is 2.25. The lowest BCUT2D eigenvalue weighted by Gasteiger charge is -2.38. The Bertz CT molecular complexity index is 741. The number of nitrogens with one attached hydrogen (secondary N) is 1. The van der Waals surface area contributed by atoms with Gasteiger partial charge in [0.05, 0.1) is 6.04 Å². The van der Waals surface area contributed by atoms with E-state index in [1.54, 1.807) is 24.3 Å². The summed E-state index contributed by atoms with van der Waals surface area (Å²) in [5.41, 5.74) is 2.00. The first kappa shape index (κ1) is 19.3. The monoisotopic (exact) mass is 373 g/mol. The fraction of sp³-hybridized carbons (Fsp3) is 0.381. The summed E-state index contributed by atoms with van der Waals surface area (Å²) >= 11 is 0. The molecule has 1 aliphatic rings. The molecule has 1 N–H and O–H groups in total. The standard InChI is InChI=1S/C21H25F2N3O/c1-16(21(27)24-11-10-17-2-4-18(22)5-3-17)25-12-14-26(15-13-25)20-8-6-19(23)7-9-20/h2-9,16H,10-15H2,1H3,(H,24,27)/t16-/m1/s1. The van der Waals surface area contributed by atoms with Crippen molar-refractivity contribution in [2.45, 2.75) is 19.4 Å². The van der Waals surface area contributed by atoms with Crippen molar-refractivity contribution in [2.75, 3.05) is 37.6 Å². The van der Waals surface area contributed by atoms with Gasteiger partial charge in [-0.1, -0.05) is 12.1 Å². The van der Waals surface area contributed by atoms with Crippen LogP contribution in [0.1, 0.15) is 12.5 Å². The quantitative estimate of drug-likeness (QED) is 0.846. The topological polar surface area (TPSA) is 35.6 Å². The van der Waals surface area contributed by atoms with Crippen LogP contribution >= 0.6 is 0 Å². The third kappa shape index (κ3) is 5.26. The minimum Gasteiger partial charge on any atom is -0.369 e. The molecule has 0 radical (unpaired) electrons. The SMILES string of the molecule is C[C@H](C(=O)NCCc1ccc(F)cc1)N1CCN(c2ccc(F)cc2)CC1. The second kappa shape index (κ2) is 8.95. The summed E-state index contributed by atoms with van der Waals surface area (Å²) in [5, 5.41) is 2.96. The summed E-state index contributed by atoms with van der Waals surface area (Å²) in [6.07, 6.45) is 0.678. The van der Waals surface area contributed by atoms with Crippen LogP contribution in [0.4, 0.5) is 14.5 Å². The minimum atomic E-state index is -0.254. The molecule has 0 aliphatic carbocycles. The molecule has 6 heteroatoms. The van der Waals surface area contributed by atoms with Gasteiger partial charge in [-0.2, -0.15) is 0 Å². The van der Waals surface area contributed by atoms with Gasteiger partial charge in [-0.05, 0) is 55.3 Å². The lowest BCUT2D eigenvalue weighted by atomic mass is 10.1. The molecule has 4 nitrogen and oxygen atoms in total. The number of piperazine rings is 1. The largest absolute Gasteiger partial charge is 0.369 e. The Balaban J connectivity index is 1.42. The number of anilines is 1. The Hall–Kier alpha value is -2.47. The summed E-state index contributed by atoms with van der Waals surface area (Å²) in [7, 11) is 0. The molecule has 0 saturated carbocycles. The Morgan fingerprint density at radius 2 is 1.52 bits per heavy atom. The van der Waals surface area contributed by atoms with Crippen molar-refractivity contribution >= 4 is 11.6 Å². The maximum absolute atomic E-state index is 13.1. The van der Waals surface area contributed by atoms with Gasteiger partial charge in [0.1, 0.15) is 11.6 Å². The van der Waals surface area contributed by atoms with Crippen molar-refractivity contribution in [3.8, 4) is 0 Å². The molecule has 0 unspecified atom stereocenters. The number of amides is 1. The van der Waals surface area contributed by atoms with Crippen LogP contribution in [0.25, 0.3) is 0 Å². The van der Waals surface area contributed by atoms with Crippen molar-refractivity contribution in [1.29, 1.82) is 0 Å². The second-order valence-corrected chi connectivity index (χ2v) is 6.84. The van der Waals surface area contributed by atoms with E-state index in [1.807, 2.05) is 6.92 Å². The molecule has 0 bridgehead atoms. The molecule has 3 rings (SSSR count). The van der Waals surface area contributed by atoms with Crippen LogP contribution in [-0.2, 0) is 11.2 Å². The molecule has 0 spiro atoms. The summed E-state index contributed by atoms with van der Waals surface area (Å²) in [6, 6.07) is 12.7. The van der Waals surface area contributed by atoms with Gasteiger partial charge < -0.3 is 10.2 Å². The Labute approximate surface area is 158 Å². The first-order valence-electron chi connectivity index (χ1n) is 9.29. The highest BCUT2D eigenvalue weighted by Crippen LogP contribution is 2.17. The van der Waals surface area contributed by atoms with Crippen molar-refractivity contribution in [3.05, 3.63) is 65.7 Å². The molecular formula is C21H25F2N3O. The first-order chi connectivity index (χ1) is 13.0. The normalized spacial score (nSPS) is 16.2. The third-order valence-corrected chi connectivity index (χ3v) is 5.06. The zero-order chi connectivity index (χ0) is 19.2. The van der Waals surface area contributed by atoms with Gasteiger partial charge in [-0.3, -0.25) is 9.69 Å². The Morgan fingerprint density at radius 1 is 0.963 bits per heavy atom. The average molecular weight is 373 g/mol. The molecule has 1 heterocycles. The van der Waals surface area contributed by atoms with Crippen LogP contribution < -0.4 is 10.2 Å². The predicted molar refractivity (Wildman–Crippen MR) is 103 cm³/mol. The lowest BCUT2D eigenvalue weighted by molar-refractivity contribution is -0.125. The molecule has 27 heavy (non-hydrogen) atoms. The van der Waals surface area contributed by atoms with E-state index in [0.29, 0.717) is 13.0 Å². The van der Waals surface area contributed by atoms with Crippen LogP contribution in [0.15, 0.2) is 48.5 Å². The van der Waals surface area contributed by atoms with E-state index >= 15 is 0 Å². The summed E-state index contributed by atoms with van der Waals surface area (Å²) in [6.45, 7) is 5.62. The fourth-order valence-corrected chi connectivity index (χ4v) is 3.31. The van der Waals surface area contributed by atoms with Gasteiger partial charge in [-0.15, -0.1) is 0 Å². The molecule has 1 saturated heterocycles.